The normalized spacial score (nSPS) is 14.1. The lowest BCUT2D eigenvalue weighted by molar-refractivity contribution is 0.112. The van der Waals surface area contributed by atoms with Crippen molar-refractivity contribution in [3.63, 3.8) is 0 Å². The third-order valence-corrected chi connectivity index (χ3v) is 3.08. The lowest BCUT2D eigenvalue weighted by Gasteiger charge is -2.06. The third kappa shape index (κ3) is 1.18. The van der Waals surface area contributed by atoms with Crippen molar-refractivity contribution in [1.82, 2.24) is 4.98 Å². The van der Waals surface area contributed by atoms with Gasteiger partial charge in [-0.05, 0) is 30.9 Å². The molecule has 1 aromatic heterocycles. The molecule has 1 aromatic carbocycles. The SMILES string of the molecule is O=Cc1c2c(nc3ccccc13)CCC2. The molecule has 74 valence electrons. The Morgan fingerprint density at radius 1 is 1.20 bits per heavy atom. The number of nitrogens with zero attached hydrogens (tertiary/aromatic N) is 1. The summed E-state index contributed by atoms with van der Waals surface area (Å²) in [5, 5.41) is 0.994. The molecule has 0 saturated heterocycles. The second-order valence-corrected chi connectivity index (χ2v) is 3.94. The first-order chi connectivity index (χ1) is 7.40. The summed E-state index contributed by atoms with van der Waals surface area (Å²) in [5.74, 6) is 0. The van der Waals surface area contributed by atoms with Gasteiger partial charge in [-0.1, -0.05) is 18.2 Å². The molecule has 0 spiro atoms. The Morgan fingerprint density at radius 3 is 2.93 bits per heavy atom. The number of aldehydes is 1. The highest BCUT2D eigenvalue weighted by molar-refractivity contribution is 5.98. The summed E-state index contributed by atoms with van der Waals surface area (Å²) in [5.41, 5.74) is 4.09. The Labute approximate surface area is 87.9 Å². The van der Waals surface area contributed by atoms with E-state index in [0.717, 1.165) is 47.7 Å². The van der Waals surface area contributed by atoms with Gasteiger partial charge in [0.25, 0.3) is 0 Å². The monoisotopic (exact) mass is 197 g/mol. The first-order valence-corrected chi connectivity index (χ1v) is 5.26. The number of rotatable bonds is 1. The average Bonchev–Trinajstić information content (AvgIpc) is 2.73. The molecule has 0 N–H and O–H groups in total. The van der Waals surface area contributed by atoms with E-state index in [0.29, 0.717) is 0 Å². The molecule has 2 nitrogen and oxygen atoms in total. The van der Waals surface area contributed by atoms with Crippen LogP contribution in [0.4, 0.5) is 0 Å². The number of hydrogen-bond donors (Lipinski definition) is 0. The topological polar surface area (TPSA) is 30.0 Å². The van der Waals surface area contributed by atoms with E-state index in [1.807, 2.05) is 24.3 Å². The maximum atomic E-state index is 11.2. The zero-order chi connectivity index (χ0) is 10.3. The lowest BCUT2D eigenvalue weighted by Crippen LogP contribution is -1.97. The lowest BCUT2D eigenvalue weighted by atomic mass is 10.0. The summed E-state index contributed by atoms with van der Waals surface area (Å²) in [4.78, 5) is 15.8. The Hall–Kier alpha value is -1.70. The Morgan fingerprint density at radius 2 is 2.07 bits per heavy atom. The van der Waals surface area contributed by atoms with Gasteiger partial charge in [0, 0.05) is 16.6 Å². The van der Waals surface area contributed by atoms with E-state index in [2.05, 4.69) is 4.98 Å². The number of para-hydroxylation sites is 1. The Kier molecular flexibility index (Phi) is 1.81. The number of pyridine rings is 1. The minimum atomic E-state index is 0.855. The second-order valence-electron chi connectivity index (χ2n) is 3.94. The number of carbonyl (C=O) groups is 1. The quantitative estimate of drug-likeness (QED) is 0.657. The van der Waals surface area contributed by atoms with Gasteiger partial charge in [0.15, 0.2) is 6.29 Å². The van der Waals surface area contributed by atoms with Crippen LogP contribution in [0.3, 0.4) is 0 Å². The predicted molar refractivity (Wildman–Crippen MR) is 59.2 cm³/mol. The highest BCUT2D eigenvalue weighted by atomic mass is 16.1. The molecule has 3 rings (SSSR count). The van der Waals surface area contributed by atoms with Crippen LogP contribution in [0.2, 0.25) is 0 Å². The molecule has 0 saturated carbocycles. The van der Waals surface area contributed by atoms with Gasteiger partial charge in [-0.25, -0.2) is 0 Å². The van der Waals surface area contributed by atoms with E-state index in [1.165, 1.54) is 5.56 Å². The summed E-state index contributed by atoms with van der Waals surface area (Å²) < 4.78 is 0. The van der Waals surface area contributed by atoms with Gasteiger partial charge in [0.2, 0.25) is 0 Å². The largest absolute Gasteiger partial charge is 0.298 e. The van der Waals surface area contributed by atoms with Crippen molar-refractivity contribution < 1.29 is 4.79 Å². The van der Waals surface area contributed by atoms with Crippen LogP contribution in [0.1, 0.15) is 28.0 Å². The van der Waals surface area contributed by atoms with Crippen LogP contribution in [0.25, 0.3) is 10.9 Å². The molecule has 0 bridgehead atoms. The fraction of sp³-hybridized carbons (Fsp3) is 0.231. The van der Waals surface area contributed by atoms with Crippen molar-refractivity contribution in [2.45, 2.75) is 19.3 Å². The molecule has 0 radical (unpaired) electrons. The van der Waals surface area contributed by atoms with Crippen molar-refractivity contribution in [2.24, 2.45) is 0 Å². The zero-order valence-electron chi connectivity index (χ0n) is 8.36. The van der Waals surface area contributed by atoms with Crippen LogP contribution in [0.15, 0.2) is 24.3 Å². The zero-order valence-corrected chi connectivity index (χ0v) is 8.36. The van der Waals surface area contributed by atoms with Crippen LogP contribution >= 0.6 is 0 Å². The molecule has 2 heteroatoms. The fourth-order valence-electron chi connectivity index (χ4n) is 2.38. The minimum absolute atomic E-state index is 0.855. The molecule has 15 heavy (non-hydrogen) atoms. The summed E-state index contributed by atoms with van der Waals surface area (Å²) in [6.07, 6.45) is 4.12. The number of hydrogen-bond acceptors (Lipinski definition) is 2. The number of benzene rings is 1. The van der Waals surface area contributed by atoms with Crippen molar-refractivity contribution in [2.75, 3.05) is 0 Å². The van der Waals surface area contributed by atoms with Gasteiger partial charge in [0.1, 0.15) is 0 Å². The van der Waals surface area contributed by atoms with Crippen LogP contribution in [-0.4, -0.2) is 11.3 Å². The first-order valence-electron chi connectivity index (χ1n) is 5.26. The first kappa shape index (κ1) is 8.60. The summed E-state index contributed by atoms with van der Waals surface area (Å²) in [7, 11) is 0. The van der Waals surface area contributed by atoms with Crippen molar-refractivity contribution >= 4 is 17.2 Å². The molecule has 1 heterocycles. The van der Waals surface area contributed by atoms with Crippen LogP contribution in [0.5, 0.6) is 0 Å². The van der Waals surface area contributed by atoms with E-state index < -0.39 is 0 Å². The standard InChI is InChI=1S/C13H11NO/c15-8-11-9-4-1-2-6-12(9)14-13-7-3-5-10(11)13/h1-2,4,6,8H,3,5,7H2. The van der Waals surface area contributed by atoms with Crippen molar-refractivity contribution in [1.29, 1.82) is 0 Å². The van der Waals surface area contributed by atoms with E-state index in [4.69, 9.17) is 0 Å². The van der Waals surface area contributed by atoms with E-state index in [9.17, 15) is 4.79 Å². The van der Waals surface area contributed by atoms with E-state index >= 15 is 0 Å². The molecule has 1 aliphatic carbocycles. The molecule has 2 aromatic rings. The van der Waals surface area contributed by atoms with Crippen LogP contribution in [0, 0.1) is 0 Å². The van der Waals surface area contributed by atoms with Gasteiger partial charge in [0.05, 0.1) is 5.52 Å². The number of carbonyl (C=O) groups excluding carboxylic acids is 1. The third-order valence-electron chi connectivity index (χ3n) is 3.08. The Bertz CT molecular complexity index is 545. The molecular formula is C13H11NO. The second kappa shape index (κ2) is 3.16. The molecule has 0 atom stereocenters. The van der Waals surface area contributed by atoms with Gasteiger partial charge >= 0.3 is 0 Å². The van der Waals surface area contributed by atoms with E-state index in [1.54, 1.807) is 0 Å². The number of aryl methyl sites for hydroxylation is 1. The molecule has 0 unspecified atom stereocenters. The average molecular weight is 197 g/mol. The van der Waals surface area contributed by atoms with E-state index in [-0.39, 0.29) is 0 Å². The molecule has 0 fully saturated rings. The highest BCUT2D eigenvalue weighted by Gasteiger charge is 2.18. The molecule has 0 aliphatic heterocycles. The highest BCUT2D eigenvalue weighted by Crippen LogP contribution is 2.28. The predicted octanol–water partition coefficient (Wildman–Crippen LogP) is 2.54. The smallest absolute Gasteiger partial charge is 0.151 e. The molecule has 0 amide bonds. The maximum Gasteiger partial charge on any atom is 0.151 e. The van der Waals surface area contributed by atoms with Gasteiger partial charge in [-0.3, -0.25) is 9.78 Å². The van der Waals surface area contributed by atoms with Crippen LogP contribution in [-0.2, 0) is 12.8 Å². The van der Waals surface area contributed by atoms with Gasteiger partial charge < -0.3 is 0 Å². The summed E-state index contributed by atoms with van der Waals surface area (Å²) in [6.45, 7) is 0. The van der Waals surface area contributed by atoms with Gasteiger partial charge in [-0.2, -0.15) is 0 Å². The molecular weight excluding hydrogens is 186 g/mol. The minimum Gasteiger partial charge on any atom is -0.298 e. The summed E-state index contributed by atoms with van der Waals surface area (Å²) >= 11 is 0. The Balaban J connectivity index is 2.46. The summed E-state index contributed by atoms with van der Waals surface area (Å²) in [6, 6.07) is 7.87. The number of fused-ring (bicyclic) bond motifs is 2. The van der Waals surface area contributed by atoms with Crippen molar-refractivity contribution in [3.8, 4) is 0 Å². The fourth-order valence-corrected chi connectivity index (χ4v) is 2.38. The number of aromatic nitrogens is 1. The maximum absolute atomic E-state index is 11.2. The van der Waals surface area contributed by atoms with Crippen LogP contribution < -0.4 is 0 Å². The molecule has 1 aliphatic rings. The van der Waals surface area contributed by atoms with Gasteiger partial charge in [-0.15, -0.1) is 0 Å². The van der Waals surface area contributed by atoms with Crippen molar-refractivity contribution in [3.05, 3.63) is 41.1 Å².